The van der Waals surface area contributed by atoms with Crippen LogP contribution in [-0.4, -0.2) is 30.9 Å². The highest BCUT2D eigenvalue weighted by Crippen LogP contribution is 2.27. The van der Waals surface area contributed by atoms with Crippen LogP contribution in [0.15, 0.2) is 18.2 Å². The zero-order chi connectivity index (χ0) is 16.8. The molecule has 0 aliphatic carbocycles. The second kappa shape index (κ2) is 9.49. The summed E-state index contributed by atoms with van der Waals surface area (Å²) < 4.78 is 0. The number of carbonyl (C=O) groups is 2. The first-order valence-electron chi connectivity index (χ1n) is 8.21. The summed E-state index contributed by atoms with van der Waals surface area (Å²) in [5.41, 5.74) is 13.2. The predicted octanol–water partition coefficient (Wildman–Crippen LogP) is 2.26. The molecule has 1 aliphatic heterocycles. The van der Waals surface area contributed by atoms with Gasteiger partial charge in [0.05, 0.1) is 11.3 Å². The second-order valence-corrected chi connectivity index (χ2v) is 6.21. The quantitative estimate of drug-likeness (QED) is 0.729. The number of piperidine rings is 1. The van der Waals surface area contributed by atoms with E-state index in [4.69, 9.17) is 11.5 Å². The SMILES string of the molecule is CC(N)CCC(=O)Nc1ccc(C(N)=O)c(N2CCCCC2)c1.Cl. The van der Waals surface area contributed by atoms with Crippen molar-refractivity contribution in [3.8, 4) is 0 Å². The normalized spacial score (nSPS) is 15.3. The Bertz CT molecular complexity index is 572. The molecule has 1 heterocycles. The Morgan fingerprint density at radius 2 is 1.92 bits per heavy atom. The number of hydrogen-bond acceptors (Lipinski definition) is 4. The van der Waals surface area contributed by atoms with Gasteiger partial charge in [-0.15, -0.1) is 12.4 Å². The van der Waals surface area contributed by atoms with Crippen LogP contribution in [0.1, 0.15) is 49.4 Å². The maximum atomic E-state index is 12.0. The van der Waals surface area contributed by atoms with E-state index >= 15 is 0 Å². The highest BCUT2D eigenvalue weighted by molar-refractivity contribution is 6.00. The van der Waals surface area contributed by atoms with Gasteiger partial charge in [0.25, 0.3) is 5.91 Å². The molecule has 1 aliphatic rings. The molecule has 1 unspecified atom stereocenters. The Morgan fingerprint density at radius 3 is 2.50 bits per heavy atom. The summed E-state index contributed by atoms with van der Waals surface area (Å²) >= 11 is 0. The van der Waals surface area contributed by atoms with Crippen LogP contribution in [0.25, 0.3) is 0 Å². The molecule has 1 saturated heterocycles. The third kappa shape index (κ3) is 5.69. The van der Waals surface area contributed by atoms with E-state index in [0.29, 0.717) is 24.1 Å². The third-order valence-corrected chi connectivity index (χ3v) is 4.07. The number of nitrogens with two attached hydrogens (primary N) is 2. The minimum Gasteiger partial charge on any atom is -0.371 e. The number of nitrogens with zero attached hydrogens (tertiary/aromatic N) is 1. The van der Waals surface area contributed by atoms with Crippen molar-refractivity contribution < 1.29 is 9.59 Å². The zero-order valence-electron chi connectivity index (χ0n) is 14.1. The molecule has 0 radical (unpaired) electrons. The van der Waals surface area contributed by atoms with Gasteiger partial charge in [-0.05, 0) is 50.8 Å². The molecule has 24 heavy (non-hydrogen) atoms. The van der Waals surface area contributed by atoms with Crippen molar-refractivity contribution in [1.82, 2.24) is 0 Å². The van der Waals surface area contributed by atoms with Crippen molar-refractivity contribution in [3.05, 3.63) is 23.8 Å². The Balaban J connectivity index is 0.00000288. The number of amides is 2. The van der Waals surface area contributed by atoms with E-state index in [1.807, 2.05) is 13.0 Å². The fourth-order valence-electron chi connectivity index (χ4n) is 2.80. The molecule has 1 aromatic rings. The summed E-state index contributed by atoms with van der Waals surface area (Å²) in [6.45, 7) is 3.69. The Morgan fingerprint density at radius 1 is 1.25 bits per heavy atom. The number of carbonyl (C=O) groups excluding carboxylic acids is 2. The van der Waals surface area contributed by atoms with Crippen LogP contribution in [0.2, 0.25) is 0 Å². The molecule has 6 nitrogen and oxygen atoms in total. The number of halogens is 1. The molecule has 134 valence electrons. The van der Waals surface area contributed by atoms with Crippen LogP contribution >= 0.6 is 12.4 Å². The number of rotatable bonds is 6. The Labute approximate surface area is 149 Å². The molecule has 0 saturated carbocycles. The van der Waals surface area contributed by atoms with Crippen LogP contribution in [0.5, 0.6) is 0 Å². The van der Waals surface area contributed by atoms with Crippen molar-refractivity contribution in [2.75, 3.05) is 23.3 Å². The van der Waals surface area contributed by atoms with Crippen molar-refractivity contribution in [2.45, 2.75) is 45.1 Å². The number of anilines is 2. The summed E-state index contributed by atoms with van der Waals surface area (Å²) in [5.74, 6) is -0.515. The molecule has 1 fully saturated rings. The van der Waals surface area contributed by atoms with Crippen LogP contribution in [0.4, 0.5) is 11.4 Å². The van der Waals surface area contributed by atoms with Crippen LogP contribution in [0.3, 0.4) is 0 Å². The zero-order valence-corrected chi connectivity index (χ0v) is 14.9. The van der Waals surface area contributed by atoms with Crippen LogP contribution < -0.4 is 21.7 Å². The van der Waals surface area contributed by atoms with E-state index in [-0.39, 0.29) is 24.4 Å². The molecule has 5 N–H and O–H groups in total. The minimum atomic E-state index is -0.444. The lowest BCUT2D eigenvalue weighted by Gasteiger charge is -2.30. The molecule has 1 atom stereocenters. The number of benzene rings is 1. The van der Waals surface area contributed by atoms with Gasteiger partial charge in [-0.2, -0.15) is 0 Å². The first-order chi connectivity index (χ1) is 11.0. The molecular weight excluding hydrogens is 328 g/mol. The topological polar surface area (TPSA) is 101 Å². The van der Waals surface area contributed by atoms with Crippen molar-refractivity contribution in [3.63, 3.8) is 0 Å². The lowest BCUT2D eigenvalue weighted by atomic mass is 10.1. The molecule has 0 bridgehead atoms. The summed E-state index contributed by atoms with van der Waals surface area (Å²) in [7, 11) is 0. The molecule has 0 aromatic heterocycles. The number of primary amides is 1. The first-order valence-corrected chi connectivity index (χ1v) is 8.21. The van der Waals surface area contributed by atoms with Crippen molar-refractivity contribution >= 4 is 35.6 Å². The summed E-state index contributed by atoms with van der Waals surface area (Å²) in [4.78, 5) is 25.8. The van der Waals surface area contributed by atoms with Crippen molar-refractivity contribution in [1.29, 1.82) is 0 Å². The maximum Gasteiger partial charge on any atom is 0.250 e. The second-order valence-electron chi connectivity index (χ2n) is 6.21. The summed E-state index contributed by atoms with van der Waals surface area (Å²) in [6, 6.07) is 5.25. The van der Waals surface area contributed by atoms with Gasteiger partial charge >= 0.3 is 0 Å². The molecular formula is C17H27ClN4O2. The summed E-state index contributed by atoms with van der Waals surface area (Å²) in [5, 5.41) is 2.87. The van der Waals surface area contributed by atoms with Gasteiger partial charge in [-0.1, -0.05) is 0 Å². The first kappa shape index (κ1) is 20.3. The predicted molar refractivity (Wildman–Crippen MR) is 99.8 cm³/mol. The monoisotopic (exact) mass is 354 g/mol. The van der Waals surface area contributed by atoms with Gasteiger partial charge in [0, 0.05) is 31.2 Å². The highest BCUT2D eigenvalue weighted by Gasteiger charge is 2.18. The van der Waals surface area contributed by atoms with Gasteiger partial charge in [0.15, 0.2) is 0 Å². The summed E-state index contributed by atoms with van der Waals surface area (Å²) in [6.07, 6.45) is 4.43. The molecule has 0 spiro atoms. The van der Waals surface area contributed by atoms with Gasteiger partial charge in [0.1, 0.15) is 0 Å². The fraction of sp³-hybridized carbons (Fsp3) is 0.529. The standard InChI is InChI=1S/C17H26N4O2.ClH/c1-12(18)5-8-16(22)20-13-6-7-14(17(19)23)15(11-13)21-9-3-2-4-10-21;/h6-7,11-12H,2-5,8-10,18H2,1H3,(H2,19,23)(H,20,22);1H. The lowest BCUT2D eigenvalue weighted by Crippen LogP contribution is -2.31. The lowest BCUT2D eigenvalue weighted by molar-refractivity contribution is -0.116. The van der Waals surface area contributed by atoms with E-state index in [0.717, 1.165) is 31.6 Å². The number of nitrogens with one attached hydrogen (secondary N) is 1. The highest BCUT2D eigenvalue weighted by atomic mass is 35.5. The molecule has 2 rings (SSSR count). The van der Waals surface area contributed by atoms with Gasteiger partial charge in [-0.25, -0.2) is 0 Å². The molecule has 1 aromatic carbocycles. The maximum absolute atomic E-state index is 12.0. The van der Waals surface area contributed by atoms with Gasteiger partial charge in [-0.3, -0.25) is 9.59 Å². The van der Waals surface area contributed by atoms with Crippen LogP contribution in [-0.2, 0) is 4.79 Å². The Kier molecular flexibility index (Phi) is 8.01. The third-order valence-electron chi connectivity index (χ3n) is 4.07. The molecule has 2 amide bonds. The van der Waals surface area contributed by atoms with Gasteiger partial charge in [0.2, 0.25) is 5.91 Å². The van der Waals surface area contributed by atoms with E-state index in [1.165, 1.54) is 6.42 Å². The smallest absolute Gasteiger partial charge is 0.250 e. The van der Waals surface area contributed by atoms with Crippen molar-refractivity contribution in [2.24, 2.45) is 11.5 Å². The van der Waals surface area contributed by atoms with E-state index in [9.17, 15) is 9.59 Å². The average molecular weight is 355 g/mol. The van der Waals surface area contributed by atoms with E-state index in [2.05, 4.69) is 10.2 Å². The number of hydrogen-bond donors (Lipinski definition) is 3. The van der Waals surface area contributed by atoms with E-state index in [1.54, 1.807) is 12.1 Å². The minimum absolute atomic E-state index is 0. The Hall–Kier alpha value is -1.79. The fourth-order valence-corrected chi connectivity index (χ4v) is 2.80. The van der Waals surface area contributed by atoms with Gasteiger partial charge < -0.3 is 21.7 Å². The molecule has 7 heteroatoms. The average Bonchev–Trinajstić information content (AvgIpc) is 2.53. The largest absolute Gasteiger partial charge is 0.371 e. The van der Waals surface area contributed by atoms with E-state index < -0.39 is 5.91 Å². The van der Waals surface area contributed by atoms with Crippen LogP contribution in [0, 0.1) is 0 Å².